The van der Waals surface area contributed by atoms with Crippen molar-refractivity contribution in [2.75, 3.05) is 0 Å². The molecule has 0 N–H and O–H groups in total. The number of rotatable bonds is 3. The Bertz CT molecular complexity index is 571. The maximum absolute atomic E-state index is 4.76. The van der Waals surface area contributed by atoms with Gasteiger partial charge in [-0.3, -0.25) is 9.98 Å². The maximum atomic E-state index is 4.76. The third-order valence-electron chi connectivity index (χ3n) is 2.88. The van der Waals surface area contributed by atoms with Gasteiger partial charge in [-0.05, 0) is 36.6 Å². The Kier molecular flexibility index (Phi) is 8.63. The molecule has 0 spiro atoms. The SMILES string of the molecule is CC(=Nc1ccccc1C(C)C)c1ccccn1.[Cl][Fe][Cl]. The fourth-order valence-corrected chi connectivity index (χ4v) is 1.89. The second kappa shape index (κ2) is 9.96. The van der Waals surface area contributed by atoms with Gasteiger partial charge in [-0.15, -0.1) is 0 Å². The number of nitrogens with zero attached hydrogens (tertiary/aromatic N) is 2. The van der Waals surface area contributed by atoms with Gasteiger partial charge in [0.05, 0.1) is 17.1 Å². The van der Waals surface area contributed by atoms with Gasteiger partial charge in [0.15, 0.2) is 0 Å². The zero-order valence-corrected chi connectivity index (χ0v) is 14.8. The van der Waals surface area contributed by atoms with Crippen molar-refractivity contribution in [3.63, 3.8) is 0 Å². The van der Waals surface area contributed by atoms with Crippen molar-refractivity contribution in [3.05, 3.63) is 59.9 Å². The molecule has 1 aromatic heterocycles. The van der Waals surface area contributed by atoms with Crippen LogP contribution in [-0.4, -0.2) is 10.7 Å². The Hall–Kier alpha value is -0.861. The molecule has 0 unspecified atom stereocenters. The summed E-state index contributed by atoms with van der Waals surface area (Å²) in [7, 11) is 9.53. The Morgan fingerprint density at radius 3 is 2.29 bits per heavy atom. The average molecular weight is 365 g/mol. The summed E-state index contributed by atoms with van der Waals surface area (Å²) in [5.41, 5.74) is 4.18. The number of benzene rings is 1. The van der Waals surface area contributed by atoms with Crippen LogP contribution in [0.4, 0.5) is 5.69 Å². The van der Waals surface area contributed by atoms with Gasteiger partial charge in [0, 0.05) is 6.20 Å². The summed E-state index contributed by atoms with van der Waals surface area (Å²) < 4.78 is 0. The first-order chi connectivity index (χ1) is 10.1. The van der Waals surface area contributed by atoms with Crippen molar-refractivity contribution in [1.82, 2.24) is 4.98 Å². The Labute approximate surface area is 141 Å². The number of hydrogen-bond donors (Lipinski definition) is 0. The monoisotopic (exact) mass is 364 g/mol. The first-order valence-corrected chi connectivity index (χ1v) is 9.54. The Morgan fingerprint density at radius 2 is 1.71 bits per heavy atom. The molecule has 0 radical (unpaired) electrons. The minimum absolute atomic E-state index is 0.194. The molecule has 0 aliphatic rings. The van der Waals surface area contributed by atoms with Crippen LogP contribution in [0.3, 0.4) is 0 Å². The van der Waals surface area contributed by atoms with Gasteiger partial charge in [0.1, 0.15) is 0 Å². The van der Waals surface area contributed by atoms with Gasteiger partial charge in [0.25, 0.3) is 0 Å². The van der Waals surface area contributed by atoms with Crippen LogP contribution in [0.15, 0.2) is 53.7 Å². The van der Waals surface area contributed by atoms with Crippen molar-refractivity contribution in [1.29, 1.82) is 0 Å². The fourth-order valence-electron chi connectivity index (χ4n) is 1.89. The first kappa shape index (κ1) is 18.2. The van der Waals surface area contributed by atoms with Crippen molar-refractivity contribution in [3.8, 4) is 0 Å². The summed E-state index contributed by atoms with van der Waals surface area (Å²) in [6, 6.07) is 14.2. The summed E-state index contributed by atoms with van der Waals surface area (Å²) in [4.78, 5) is 9.02. The molecule has 0 amide bonds. The van der Waals surface area contributed by atoms with E-state index in [2.05, 4.69) is 37.0 Å². The summed E-state index contributed by atoms with van der Waals surface area (Å²) in [5.74, 6) is 0.474. The molecule has 0 aliphatic carbocycles. The van der Waals surface area contributed by atoms with Crippen LogP contribution in [0.5, 0.6) is 0 Å². The molecule has 0 saturated carbocycles. The number of hydrogen-bond acceptors (Lipinski definition) is 2. The van der Waals surface area contributed by atoms with E-state index in [0.29, 0.717) is 5.92 Å². The van der Waals surface area contributed by atoms with E-state index in [9.17, 15) is 0 Å². The molecule has 0 saturated heterocycles. The van der Waals surface area contributed by atoms with Crippen molar-refractivity contribution in [2.24, 2.45) is 4.99 Å². The van der Waals surface area contributed by atoms with E-state index < -0.39 is 0 Å². The number of pyridine rings is 1. The molecule has 0 atom stereocenters. The molecule has 114 valence electrons. The molecule has 21 heavy (non-hydrogen) atoms. The molecule has 0 bridgehead atoms. The summed E-state index contributed by atoms with van der Waals surface area (Å²) in [5, 5.41) is 0. The van der Waals surface area contributed by atoms with E-state index in [1.54, 1.807) is 6.20 Å². The number of para-hydroxylation sites is 1. The zero-order chi connectivity index (χ0) is 15.7. The zero-order valence-electron chi connectivity index (χ0n) is 12.2. The van der Waals surface area contributed by atoms with Gasteiger partial charge in [0.2, 0.25) is 0 Å². The van der Waals surface area contributed by atoms with E-state index in [0.717, 1.165) is 17.1 Å². The standard InChI is InChI=1S/C16H18N2.2ClH.Fe/c1-12(2)14-8-4-5-10-16(14)18-13(3)15-9-6-7-11-17-15;;;/h4-12H,1-3H3;2*1H;/q;;;+2/p-2. The average Bonchev–Trinajstić information content (AvgIpc) is 2.49. The summed E-state index contributed by atoms with van der Waals surface area (Å²) in [6.07, 6.45) is 1.79. The minimum atomic E-state index is 0.194. The quantitative estimate of drug-likeness (QED) is 0.504. The Balaban J connectivity index is 0.000000677. The number of aromatic nitrogens is 1. The van der Waals surface area contributed by atoms with Gasteiger partial charge >= 0.3 is 33.3 Å². The van der Waals surface area contributed by atoms with Gasteiger partial charge < -0.3 is 0 Å². The van der Waals surface area contributed by atoms with E-state index in [1.807, 2.05) is 31.2 Å². The van der Waals surface area contributed by atoms with Crippen LogP contribution >= 0.6 is 20.2 Å². The predicted octanol–water partition coefficient (Wildman–Crippen LogP) is 5.72. The number of aliphatic imine (C=N–C) groups is 1. The van der Waals surface area contributed by atoms with Crippen LogP contribution in [0, 0.1) is 0 Å². The number of halogens is 2. The first-order valence-electron chi connectivity index (χ1n) is 6.51. The molecule has 2 rings (SSSR count). The van der Waals surface area contributed by atoms with Gasteiger partial charge in [-0.1, -0.05) is 38.1 Å². The fraction of sp³-hybridized carbons (Fsp3) is 0.250. The van der Waals surface area contributed by atoms with Crippen LogP contribution in [0.1, 0.15) is 37.9 Å². The van der Waals surface area contributed by atoms with E-state index in [-0.39, 0.29) is 13.1 Å². The molecule has 5 heteroatoms. The van der Waals surface area contributed by atoms with Crippen LogP contribution < -0.4 is 0 Å². The molecule has 0 fully saturated rings. The van der Waals surface area contributed by atoms with Crippen molar-refractivity contribution >= 4 is 31.6 Å². The molecular formula is C16H18Cl2FeN2. The van der Waals surface area contributed by atoms with Crippen LogP contribution in [-0.2, 0) is 13.1 Å². The van der Waals surface area contributed by atoms with E-state index in [4.69, 9.17) is 25.2 Å². The normalized spacial score (nSPS) is 11.2. The molecular weight excluding hydrogens is 347 g/mol. The molecule has 0 aliphatic heterocycles. The van der Waals surface area contributed by atoms with E-state index in [1.165, 1.54) is 5.56 Å². The molecule has 2 aromatic rings. The summed E-state index contributed by atoms with van der Waals surface area (Å²) >= 11 is 0.194. The second-order valence-corrected chi connectivity index (χ2v) is 6.50. The van der Waals surface area contributed by atoms with Crippen LogP contribution in [0.2, 0.25) is 0 Å². The molecule has 2 nitrogen and oxygen atoms in total. The third-order valence-corrected chi connectivity index (χ3v) is 2.88. The predicted molar refractivity (Wildman–Crippen MR) is 88.3 cm³/mol. The Morgan fingerprint density at radius 1 is 1.10 bits per heavy atom. The van der Waals surface area contributed by atoms with Crippen LogP contribution in [0.25, 0.3) is 0 Å². The molecule has 1 aromatic carbocycles. The van der Waals surface area contributed by atoms with Gasteiger partial charge in [-0.2, -0.15) is 0 Å². The second-order valence-electron chi connectivity index (χ2n) is 4.68. The van der Waals surface area contributed by atoms with E-state index >= 15 is 0 Å². The van der Waals surface area contributed by atoms with Crippen molar-refractivity contribution in [2.45, 2.75) is 26.7 Å². The summed E-state index contributed by atoms with van der Waals surface area (Å²) in [6.45, 7) is 6.37. The molecule has 1 heterocycles. The van der Waals surface area contributed by atoms with Gasteiger partial charge in [-0.25, -0.2) is 0 Å². The third kappa shape index (κ3) is 6.19. The topological polar surface area (TPSA) is 25.2 Å². The van der Waals surface area contributed by atoms with Crippen molar-refractivity contribution < 1.29 is 13.1 Å².